The van der Waals surface area contributed by atoms with Gasteiger partial charge in [0.05, 0.1) is 30.8 Å². The molecule has 1 heterocycles. The van der Waals surface area contributed by atoms with Crippen molar-refractivity contribution < 1.29 is 22.7 Å². The van der Waals surface area contributed by atoms with Crippen molar-refractivity contribution >= 4 is 27.3 Å². The molecule has 0 spiro atoms. The number of unbranched alkanes of at least 4 members (excludes halogenated alkanes) is 1. The van der Waals surface area contributed by atoms with E-state index in [9.17, 15) is 13.2 Å². The Morgan fingerprint density at radius 3 is 2.55 bits per heavy atom. The zero-order chi connectivity index (χ0) is 20.9. The summed E-state index contributed by atoms with van der Waals surface area (Å²) in [5, 5.41) is 2.86. The third-order valence-corrected chi connectivity index (χ3v) is 6.58. The van der Waals surface area contributed by atoms with E-state index in [1.165, 1.54) is 4.31 Å². The molecule has 1 fully saturated rings. The molecule has 156 valence electrons. The van der Waals surface area contributed by atoms with Crippen molar-refractivity contribution in [2.45, 2.75) is 26.2 Å². The molecule has 0 aliphatic carbocycles. The van der Waals surface area contributed by atoms with Gasteiger partial charge in [0.1, 0.15) is 11.5 Å². The number of sulfonamides is 1. The van der Waals surface area contributed by atoms with Gasteiger partial charge in [0.25, 0.3) is 5.91 Å². The van der Waals surface area contributed by atoms with E-state index in [1.807, 2.05) is 0 Å². The van der Waals surface area contributed by atoms with Crippen molar-refractivity contribution in [1.29, 1.82) is 0 Å². The molecular formula is C21H26N2O5S. The maximum absolute atomic E-state index is 12.7. The van der Waals surface area contributed by atoms with E-state index in [1.54, 1.807) is 49.6 Å². The van der Waals surface area contributed by atoms with Crippen LogP contribution in [0.3, 0.4) is 0 Å². The molecule has 0 unspecified atom stereocenters. The average Bonchev–Trinajstić information content (AvgIpc) is 3.08. The van der Waals surface area contributed by atoms with Gasteiger partial charge in [0, 0.05) is 18.2 Å². The first kappa shape index (κ1) is 21.0. The largest absolute Gasteiger partial charge is 0.497 e. The van der Waals surface area contributed by atoms with E-state index < -0.39 is 10.0 Å². The molecule has 2 aromatic carbocycles. The van der Waals surface area contributed by atoms with E-state index in [-0.39, 0.29) is 11.7 Å². The highest BCUT2D eigenvalue weighted by Crippen LogP contribution is 2.30. The van der Waals surface area contributed by atoms with Crippen LogP contribution in [-0.4, -0.2) is 40.3 Å². The molecule has 0 aromatic heterocycles. The number of hydrogen-bond acceptors (Lipinski definition) is 5. The maximum atomic E-state index is 12.7. The number of carbonyl (C=O) groups is 1. The van der Waals surface area contributed by atoms with Gasteiger partial charge >= 0.3 is 0 Å². The SMILES string of the molecule is CCCCOc1ccc(OC)cc1NC(=O)c1ccc(N2CCCS2(=O)=O)cc1. The molecule has 1 saturated heterocycles. The molecule has 2 aromatic rings. The smallest absolute Gasteiger partial charge is 0.255 e. The number of amides is 1. The summed E-state index contributed by atoms with van der Waals surface area (Å²) < 4.78 is 36.5. The van der Waals surface area contributed by atoms with Crippen LogP contribution in [0.4, 0.5) is 11.4 Å². The van der Waals surface area contributed by atoms with Crippen LogP contribution in [0.25, 0.3) is 0 Å². The molecule has 1 N–H and O–H groups in total. The molecule has 7 nitrogen and oxygen atoms in total. The van der Waals surface area contributed by atoms with Crippen LogP contribution in [0.15, 0.2) is 42.5 Å². The van der Waals surface area contributed by atoms with E-state index in [4.69, 9.17) is 9.47 Å². The lowest BCUT2D eigenvalue weighted by molar-refractivity contribution is 0.102. The number of hydrogen-bond donors (Lipinski definition) is 1. The van der Waals surface area contributed by atoms with Gasteiger partial charge in [-0.25, -0.2) is 8.42 Å². The summed E-state index contributed by atoms with van der Waals surface area (Å²) in [4.78, 5) is 12.7. The van der Waals surface area contributed by atoms with Gasteiger partial charge in [-0.3, -0.25) is 9.10 Å². The number of carbonyl (C=O) groups excluding carboxylic acids is 1. The molecule has 0 bridgehead atoms. The van der Waals surface area contributed by atoms with Crippen molar-refractivity contribution in [3.63, 3.8) is 0 Å². The number of ether oxygens (including phenoxy) is 2. The topological polar surface area (TPSA) is 84.9 Å². The van der Waals surface area contributed by atoms with Crippen LogP contribution in [0.5, 0.6) is 11.5 Å². The van der Waals surface area contributed by atoms with Gasteiger partial charge in [-0.1, -0.05) is 13.3 Å². The van der Waals surface area contributed by atoms with Gasteiger partial charge in [-0.15, -0.1) is 0 Å². The summed E-state index contributed by atoms with van der Waals surface area (Å²) in [6.45, 7) is 3.11. The van der Waals surface area contributed by atoms with E-state index in [0.29, 0.717) is 48.0 Å². The first-order valence-corrected chi connectivity index (χ1v) is 11.3. The Kier molecular flexibility index (Phi) is 6.64. The minimum absolute atomic E-state index is 0.159. The Hall–Kier alpha value is -2.74. The first-order valence-electron chi connectivity index (χ1n) is 9.67. The molecule has 0 saturated carbocycles. The zero-order valence-corrected chi connectivity index (χ0v) is 17.5. The quantitative estimate of drug-likeness (QED) is 0.661. The van der Waals surface area contributed by atoms with Crippen LogP contribution >= 0.6 is 0 Å². The summed E-state index contributed by atoms with van der Waals surface area (Å²) in [6.07, 6.45) is 2.54. The number of methoxy groups -OCH3 is 1. The van der Waals surface area contributed by atoms with E-state index >= 15 is 0 Å². The normalized spacial score (nSPS) is 15.2. The summed E-state index contributed by atoms with van der Waals surface area (Å²) in [7, 11) is -1.68. The number of nitrogens with zero attached hydrogens (tertiary/aromatic N) is 1. The van der Waals surface area contributed by atoms with Crippen molar-refractivity contribution in [3.8, 4) is 11.5 Å². The predicted octanol–water partition coefficient (Wildman–Crippen LogP) is 3.67. The van der Waals surface area contributed by atoms with E-state index in [0.717, 1.165) is 12.8 Å². The van der Waals surface area contributed by atoms with Crippen LogP contribution in [-0.2, 0) is 10.0 Å². The van der Waals surface area contributed by atoms with Crippen LogP contribution in [0.2, 0.25) is 0 Å². The summed E-state index contributed by atoms with van der Waals surface area (Å²) >= 11 is 0. The van der Waals surface area contributed by atoms with Crippen molar-refractivity contribution in [1.82, 2.24) is 0 Å². The van der Waals surface area contributed by atoms with Crippen molar-refractivity contribution in [2.75, 3.05) is 35.6 Å². The Morgan fingerprint density at radius 1 is 1.17 bits per heavy atom. The van der Waals surface area contributed by atoms with Crippen molar-refractivity contribution in [3.05, 3.63) is 48.0 Å². The lowest BCUT2D eigenvalue weighted by Gasteiger charge is -2.17. The molecule has 8 heteroatoms. The third-order valence-electron chi connectivity index (χ3n) is 4.71. The van der Waals surface area contributed by atoms with Crippen LogP contribution in [0.1, 0.15) is 36.5 Å². The Balaban J connectivity index is 1.75. The summed E-state index contributed by atoms with van der Waals surface area (Å²) in [6, 6.07) is 11.8. The standard InChI is InChI=1S/C21H26N2O5S/c1-3-4-13-28-20-11-10-18(27-2)15-19(20)22-21(24)16-6-8-17(9-7-16)23-12-5-14-29(23,25)26/h6-11,15H,3-5,12-14H2,1-2H3,(H,22,24). The fraction of sp³-hybridized carbons (Fsp3) is 0.381. The first-order chi connectivity index (χ1) is 13.9. The molecule has 1 amide bonds. The highest BCUT2D eigenvalue weighted by molar-refractivity contribution is 7.93. The minimum atomic E-state index is -3.24. The highest BCUT2D eigenvalue weighted by Gasteiger charge is 2.28. The molecule has 29 heavy (non-hydrogen) atoms. The molecule has 1 aliphatic heterocycles. The lowest BCUT2D eigenvalue weighted by atomic mass is 10.1. The fourth-order valence-electron chi connectivity index (χ4n) is 3.09. The van der Waals surface area contributed by atoms with Gasteiger partial charge in [0.2, 0.25) is 10.0 Å². The molecule has 0 atom stereocenters. The summed E-state index contributed by atoms with van der Waals surface area (Å²) in [5.74, 6) is 1.03. The predicted molar refractivity (Wildman–Crippen MR) is 114 cm³/mol. The fourth-order valence-corrected chi connectivity index (χ4v) is 4.65. The maximum Gasteiger partial charge on any atom is 0.255 e. The molecule has 0 radical (unpaired) electrons. The summed E-state index contributed by atoms with van der Waals surface area (Å²) in [5.41, 5.74) is 1.52. The Morgan fingerprint density at radius 2 is 1.93 bits per heavy atom. The number of anilines is 2. The number of nitrogens with one attached hydrogen (secondary N) is 1. The lowest BCUT2D eigenvalue weighted by Crippen LogP contribution is -2.25. The average molecular weight is 419 g/mol. The molecular weight excluding hydrogens is 392 g/mol. The van der Waals surface area contributed by atoms with Gasteiger partial charge in [-0.2, -0.15) is 0 Å². The van der Waals surface area contributed by atoms with Gasteiger partial charge in [0.15, 0.2) is 0 Å². The third kappa shape index (κ3) is 5.00. The second-order valence-electron chi connectivity index (χ2n) is 6.81. The molecule has 3 rings (SSSR count). The minimum Gasteiger partial charge on any atom is -0.497 e. The number of rotatable bonds is 8. The van der Waals surface area contributed by atoms with Crippen molar-refractivity contribution in [2.24, 2.45) is 0 Å². The highest BCUT2D eigenvalue weighted by atomic mass is 32.2. The van der Waals surface area contributed by atoms with Crippen LogP contribution < -0.4 is 19.1 Å². The van der Waals surface area contributed by atoms with Crippen LogP contribution in [0, 0.1) is 0 Å². The second-order valence-corrected chi connectivity index (χ2v) is 8.82. The molecule has 1 aliphatic rings. The van der Waals surface area contributed by atoms with E-state index in [2.05, 4.69) is 12.2 Å². The second kappa shape index (κ2) is 9.17. The van der Waals surface area contributed by atoms with Gasteiger partial charge < -0.3 is 14.8 Å². The Bertz CT molecular complexity index is 958. The van der Waals surface area contributed by atoms with Gasteiger partial charge in [-0.05, 0) is 49.2 Å². The number of benzene rings is 2. The zero-order valence-electron chi connectivity index (χ0n) is 16.7. The monoisotopic (exact) mass is 418 g/mol. The Labute approximate surface area is 171 Å².